The number of carbonyl (C=O) groups is 1. The number of amides is 1. The molecule has 0 atom stereocenters. The Bertz CT molecular complexity index is 391. The van der Waals surface area contributed by atoms with Crippen LogP contribution in [0.1, 0.15) is 37.0 Å². The van der Waals surface area contributed by atoms with Gasteiger partial charge in [-0.2, -0.15) is 0 Å². The summed E-state index contributed by atoms with van der Waals surface area (Å²) < 4.78 is 0. The van der Waals surface area contributed by atoms with E-state index in [0.717, 1.165) is 12.8 Å². The van der Waals surface area contributed by atoms with Gasteiger partial charge in [-0.1, -0.05) is 25.4 Å². The summed E-state index contributed by atoms with van der Waals surface area (Å²) in [6.45, 7) is 5.03. The number of rotatable bonds is 5. The van der Waals surface area contributed by atoms with E-state index in [1.54, 1.807) is 18.2 Å². The first-order chi connectivity index (χ1) is 8.00. The average molecular weight is 255 g/mol. The van der Waals surface area contributed by atoms with Crippen LogP contribution in [-0.4, -0.2) is 12.5 Å². The van der Waals surface area contributed by atoms with Gasteiger partial charge in [-0.15, -0.1) is 0 Å². The smallest absolute Gasteiger partial charge is 0.251 e. The summed E-state index contributed by atoms with van der Waals surface area (Å²) in [5.74, 6) is 0.563. The Morgan fingerprint density at radius 1 is 1.47 bits per heavy atom. The number of halogens is 1. The largest absolute Gasteiger partial charge is 0.398 e. The van der Waals surface area contributed by atoms with E-state index in [0.29, 0.717) is 28.7 Å². The molecule has 0 aliphatic rings. The van der Waals surface area contributed by atoms with Crippen molar-refractivity contribution in [2.75, 3.05) is 12.3 Å². The Labute approximate surface area is 107 Å². The van der Waals surface area contributed by atoms with Crippen molar-refractivity contribution in [3.8, 4) is 0 Å². The maximum absolute atomic E-state index is 11.7. The summed E-state index contributed by atoms with van der Waals surface area (Å²) >= 11 is 5.86. The molecule has 0 spiro atoms. The van der Waals surface area contributed by atoms with Crippen LogP contribution < -0.4 is 11.1 Å². The topological polar surface area (TPSA) is 55.1 Å². The number of benzene rings is 1. The Morgan fingerprint density at radius 2 is 2.18 bits per heavy atom. The van der Waals surface area contributed by atoms with Crippen molar-refractivity contribution in [2.45, 2.75) is 26.7 Å². The van der Waals surface area contributed by atoms with Crippen LogP contribution in [0, 0.1) is 5.92 Å². The maximum atomic E-state index is 11.7. The van der Waals surface area contributed by atoms with Gasteiger partial charge in [-0.05, 0) is 37.0 Å². The van der Waals surface area contributed by atoms with Gasteiger partial charge in [0.05, 0.1) is 10.7 Å². The molecular formula is C13H19ClN2O. The van der Waals surface area contributed by atoms with Gasteiger partial charge in [0, 0.05) is 12.1 Å². The summed E-state index contributed by atoms with van der Waals surface area (Å²) in [6.07, 6.45) is 2.11. The lowest BCUT2D eigenvalue weighted by atomic mass is 10.1. The quantitative estimate of drug-likeness (QED) is 0.627. The Kier molecular flexibility index (Phi) is 5.29. The van der Waals surface area contributed by atoms with E-state index in [-0.39, 0.29) is 5.91 Å². The number of anilines is 1. The van der Waals surface area contributed by atoms with Gasteiger partial charge in [0.25, 0.3) is 5.91 Å². The molecule has 0 heterocycles. The lowest BCUT2D eigenvalue weighted by molar-refractivity contribution is 0.0952. The molecule has 0 radical (unpaired) electrons. The minimum Gasteiger partial charge on any atom is -0.398 e. The molecule has 0 aliphatic carbocycles. The molecule has 1 amide bonds. The third-order valence-corrected chi connectivity index (χ3v) is 2.83. The minimum atomic E-state index is -0.101. The molecule has 17 heavy (non-hydrogen) atoms. The average Bonchev–Trinajstić information content (AvgIpc) is 2.27. The zero-order valence-corrected chi connectivity index (χ0v) is 11.1. The molecule has 3 N–H and O–H groups in total. The fraction of sp³-hybridized carbons (Fsp3) is 0.462. The number of hydrogen-bond acceptors (Lipinski definition) is 2. The van der Waals surface area contributed by atoms with Gasteiger partial charge < -0.3 is 11.1 Å². The summed E-state index contributed by atoms with van der Waals surface area (Å²) in [5, 5.41) is 3.28. The van der Waals surface area contributed by atoms with Gasteiger partial charge in [0.15, 0.2) is 0 Å². The first-order valence-corrected chi connectivity index (χ1v) is 6.21. The van der Waals surface area contributed by atoms with E-state index in [4.69, 9.17) is 17.3 Å². The highest BCUT2D eigenvalue weighted by Crippen LogP contribution is 2.19. The van der Waals surface area contributed by atoms with Crippen molar-refractivity contribution in [3.63, 3.8) is 0 Å². The number of nitrogens with one attached hydrogen (secondary N) is 1. The maximum Gasteiger partial charge on any atom is 0.251 e. The summed E-state index contributed by atoms with van der Waals surface area (Å²) in [7, 11) is 0. The van der Waals surface area contributed by atoms with Gasteiger partial charge >= 0.3 is 0 Å². The SMILES string of the molecule is CC(C)CCCNC(=O)c1ccc(N)c(Cl)c1. The lowest BCUT2D eigenvalue weighted by Crippen LogP contribution is -2.24. The van der Waals surface area contributed by atoms with Crippen molar-refractivity contribution in [1.82, 2.24) is 5.32 Å². The molecule has 1 rings (SSSR count). The normalized spacial score (nSPS) is 10.6. The van der Waals surface area contributed by atoms with Crippen molar-refractivity contribution in [3.05, 3.63) is 28.8 Å². The van der Waals surface area contributed by atoms with Gasteiger partial charge in [0.1, 0.15) is 0 Å². The molecule has 0 unspecified atom stereocenters. The first-order valence-electron chi connectivity index (χ1n) is 5.84. The standard InChI is InChI=1S/C13H19ClN2O/c1-9(2)4-3-7-16-13(17)10-5-6-12(15)11(14)8-10/h5-6,8-9H,3-4,7,15H2,1-2H3,(H,16,17). The summed E-state index contributed by atoms with van der Waals surface area (Å²) in [6, 6.07) is 4.92. The number of nitrogen functional groups attached to an aromatic ring is 1. The first kappa shape index (κ1) is 13.8. The fourth-order valence-corrected chi connectivity index (χ4v) is 1.66. The van der Waals surface area contributed by atoms with Gasteiger partial charge in [-0.25, -0.2) is 0 Å². The number of hydrogen-bond donors (Lipinski definition) is 2. The molecule has 0 saturated heterocycles. The van der Waals surface area contributed by atoms with Crippen LogP contribution in [0.5, 0.6) is 0 Å². The van der Waals surface area contributed by atoms with Crippen LogP contribution in [0.15, 0.2) is 18.2 Å². The van der Waals surface area contributed by atoms with Crippen LogP contribution in [0.2, 0.25) is 5.02 Å². The number of carbonyl (C=O) groups excluding carboxylic acids is 1. The third-order valence-electron chi connectivity index (χ3n) is 2.51. The zero-order valence-electron chi connectivity index (χ0n) is 10.3. The second kappa shape index (κ2) is 6.50. The monoisotopic (exact) mass is 254 g/mol. The lowest BCUT2D eigenvalue weighted by Gasteiger charge is -2.07. The molecule has 0 aromatic heterocycles. The Balaban J connectivity index is 2.44. The van der Waals surface area contributed by atoms with E-state index in [1.807, 2.05) is 0 Å². The van der Waals surface area contributed by atoms with Gasteiger partial charge in [0.2, 0.25) is 0 Å². The third kappa shape index (κ3) is 4.65. The Hall–Kier alpha value is -1.22. The van der Waals surface area contributed by atoms with Crippen LogP contribution in [0.25, 0.3) is 0 Å². The van der Waals surface area contributed by atoms with Crippen LogP contribution in [0.4, 0.5) is 5.69 Å². The van der Waals surface area contributed by atoms with Crippen molar-refractivity contribution in [2.24, 2.45) is 5.92 Å². The van der Waals surface area contributed by atoms with E-state index in [9.17, 15) is 4.79 Å². The zero-order chi connectivity index (χ0) is 12.8. The second-order valence-electron chi connectivity index (χ2n) is 4.53. The molecular weight excluding hydrogens is 236 g/mol. The molecule has 1 aromatic rings. The minimum absolute atomic E-state index is 0.101. The predicted octanol–water partition coefficient (Wildman–Crippen LogP) is 3.09. The van der Waals surface area contributed by atoms with Crippen molar-refractivity contribution in [1.29, 1.82) is 0 Å². The molecule has 0 saturated carbocycles. The molecule has 0 bridgehead atoms. The second-order valence-corrected chi connectivity index (χ2v) is 4.94. The van der Waals surface area contributed by atoms with E-state index < -0.39 is 0 Å². The van der Waals surface area contributed by atoms with E-state index in [1.165, 1.54) is 0 Å². The molecule has 94 valence electrons. The van der Waals surface area contributed by atoms with Crippen LogP contribution in [-0.2, 0) is 0 Å². The van der Waals surface area contributed by atoms with E-state index >= 15 is 0 Å². The molecule has 1 aromatic carbocycles. The molecule has 4 heteroatoms. The van der Waals surface area contributed by atoms with E-state index in [2.05, 4.69) is 19.2 Å². The highest BCUT2D eigenvalue weighted by atomic mass is 35.5. The molecule has 0 fully saturated rings. The van der Waals surface area contributed by atoms with Crippen LogP contribution in [0.3, 0.4) is 0 Å². The highest BCUT2D eigenvalue weighted by Gasteiger charge is 2.06. The fourth-order valence-electron chi connectivity index (χ4n) is 1.48. The van der Waals surface area contributed by atoms with Crippen molar-refractivity contribution >= 4 is 23.2 Å². The van der Waals surface area contributed by atoms with Crippen molar-refractivity contribution < 1.29 is 4.79 Å². The number of nitrogens with two attached hydrogens (primary N) is 1. The summed E-state index contributed by atoms with van der Waals surface area (Å²) in [5.41, 5.74) is 6.62. The predicted molar refractivity (Wildman–Crippen MR) is 72.3 cm³/mol. The summed E-state index contributed by atoms with van der Waals surface area (Å²) in [4.78, 5) is 11.7. The molecule has 0 aliphatic heterocycles. The van der Waals surface area contributed by atoms with Crippen LogP contribution >= 0.6 is 11.6 Å². The molecule has 3 nitrogen and oxygen atoms in total. The Morgan fingerprint density at radius 3 is 2.76 bits per heavy atom. The van der Waals surface area contributed by atoms with Gasteiger partial charge in [-0.3, -0.25) is 4.79 Å². The highest BCUT2D eigenvalue weighted by molar-refractivity contribution is 6.33.